The van der Waals surface area contributed by atoms with Crippen LogP contribution in [-0.4, -0.2) is 26.8 Å². The molecule has 24 heavy (non-hydrogen) atoms. The first kappa shape index (κ1) is 16.4. The smallest absolute Gasteiger partial charge is 0.234 e. The molecule has 1 amide bonds. The normalized spacial score (nSPS) is 10.4. The maximum absolute atomic E-state index is 11.9. The Morgan fingerprint density at radius 3 is 2.88 bits per heavy atom. The van der Waals surface area contributed by atoms with Gasteiger partial charge in [0, 0.05) is 11.9 Å². The van der Waals surface area contributed by atoms with Crippen molar-refractivity contribution in [2.75, 3.05) is 16.4 Å². The van der Waals surface area contributed by atoms with Crippen LogP contribution in [0.2, 0.25) is 0 Å². The molecule has 2 N–H and O–H groups in total. The number of aryl methyl sites for hydroxylation is 1. The Hall–Kier alpha value is -2.45. The molecule has 8 heteroatoms. The molecule has 0 radical (unpaired) electrons. The van der Waals surface area contributed by atoms with Crippen LogP contribution in [0.5, 0.6) is 0 Å². The Bertz CT molecular complexity index is 822. The number of pyridine rings is 1. The topological polar surface area (TPSA) is 79.8 Å². The van der Waals surface area contributed by atoms with Crippen LogP contribution in [0.4, 0.5) is 16.5 Å². The summed E-state index contributed by atoms with van der Waals surface area (Å²) in [4.78, 5) is 15.9. The SMILES string of the molecule is Cc1cccc(Nc2nnc(SCC(=O)Nc3cccnc3)s2)c1. The summed E-state index contributed by atoms with van der Waals surface area (Å²) in [5, 5.41) is 14.9. The fraction of sp³-hybridized carbons (Fsp3) is 0.125. The van der Waals surface area contributed by atoms with Gasteiger partial charge in [-0.3, -0.25) is 9.78 Å². The average molecular weight is 357 g/mol. The molecule has 6 nitrogen and oxygen atoms in total. The molecule has 0 aliphatic rings. The number of thioether (sulfide) groups is 1. The number of benzene rings is 1. The molecule has 0 saturated carbocycles. The summed E-state index contributed by atoms with van der Waals surface area (Å²) < 4.78 is 0.742. The van der Waals surface area contributed by atoms with E-state index < -0.39 is 0 Å². The molecule has 0 fully saturated rings. The van der Waals surface area contributed by atoms with Crippen molar-refractivity contribution in [1.82, 2.24) is 15.2 Å². The van der Waals surface area contributed by atoms with Crippen LogP contribution < -0.4 is 10.6 Å². The van der Waals surface area contributed by atoms with Gasteiger partial charge in [0.15, 0.2) is 4.34 Å². The van der Waals surface area contributed by atoms with Crippen LogP contribution >= 0.6 is 23.1 Å². The summed E-state index contributed by atoms with van der Waals surface area (Å²) in [5.74, 6) is 0.171. The van der Waals surface area contributed by atoms with E-state index in [2.05, 4.69) is 25.8 Å². The predicted octanol–water partition coefficient (Wildman–Crippen LogP) is 3.72. The van der Waals surface area contributed by atoms with Gasteiger partial charge in [-0.1, -0.05) is 35.2 Å². The Morgan fingerprint density at radius 1 is 1.21 bits per heavy atom. The standard InChI is InChI=1S/C16H15N5OS2/c1-11-4-2-5-12(8-11)19-15-20-21-16(24-15)23-10-14(22)18-13-6-3-7-17-9-13/h2-9H,10H2,1H3,(H,18,22)(H,19,20). The van der Waals surface area contributed by atoms with E-state index in [1.54, 1.807) is 24.5 Å². The van der Waals surface area contributed by atoms with Gasteiger partial charge < -0.3 is 10.6 Å². The van der Waals surface area contributed by atoms with E-state index in [9.17, 15) is 4.79 Å². The highest BCUT2D eigenvalue weighted by molar-refractivity contribution is 8.01. The molecule has 1 aromatic carbocycles. The van der Waals surface area contributed by atoms with Crippen molar-refractivity contribution >= 4 is 45.5 Å². The van der Waals surface area contributed by atoms with E-state index in [1.165, 1.54) is 28.7 Å². The highest BCUT2D eigenvalue weighted by atomic mass is 32.2. The molecule has 2 aromatic heterocycles. The lowest BCUT2D eigenvalue weighted by Gasteiger charge is -2.02. The minimum absolute atomic E-state index is 0.101. The number of amides is 1. The predicted molar refractivity (Wildman–Crippen MR) is 98.0 cm³/mol. The zero-order valence-corrected chi connectivity index (χ0v) is 14.5. The number of hydrogen-bond acceptors (Lipinski definition) is 7. The third kappa shape index (κ3) is 4.77. The van der Waals surface area contributed by atoms with E-state index >= 15 is 0 Å². The second kappa shape index (κ2) is 7.89. The molecule has 0 bridgehead atoms. The number of carbonyl (C=O) groups excluding carboxylic acids is 1. The lowest BCUT2D eigenvalue weighted by atomic mass is 10.2. The second-order valence-corrected chi connectivity index (χ2v) is 7.15. The van der Waals surface area contributed by atoms with E-state index in [4.69, 9.17) is 0 Å². The average Bonchev–Trinajstić information content (AvgIpc) is 3.01. The van der Waals surface area contributed by atoms with Crippen molar-refractivity contribution in [1.29, 1.82) is 0 Å². The molecular weight excluding hydrogens is 342 g/mol. The van der Waals surface area contributed by atoms with Gasteiger partial charge in [0.05, 0.1) is 17.6 Å². The monoisotopic (exact) mass is 357 g/mol. The zero-order chi connectivity index (χ0) is 16.8. The van der Waals surface area contributed by atoms with Crippen LogP contribution in [0.15, 0.2) is 53.1 Å². The van der Waals surface area contributed by atoms with Gasteiger partial charge in [0.25, 0.3) is 0 Å². The Kier molecular flexibility index (Phi) is 5.39. The van der Waals surface area contributed by atoms with Crippen molar-refractivity contribution in [3.05, 3.63) is 54.4 Å². The van der Waals surface area contributed by atoms with Crippen LogP contribution in [-0.2, 0) is 4.79 Å². The van der Waals surface area contributed by atoms with Crippen molar-refractivity contribution in [2.45, 2.75) is 11.3 Å². The fourth-order valence-corrected chi connectivity index (χ4v) is 3.50. The first-order valence-corrected chi connectivity index (χ1v) is 8.99. The van der Waals surface area contributed by atoms with Crippen LogP contribution in [0, 0.1) is 6.92 Å². The number of nitrogens with one attached hydrogen (secondary N) is 2. The number of carbonyl (C=O) groups is 1. The summed E-state index contributed by atoms with van der Waals surface area (Å²) in [6.07, 6.45) is 3.27. The quantitative estimate of drug-likeness (QED) is 0.655. The Labute approximate surface area is 147 Å². The minimum Gasteiger partial charge on any atom is -0.330 e. The Morgan fingerprint density at radius 2 is 2.08 bits per heavy atom. The number of rotatable bonds is 6. The molecule has 0 spiro atoms. The molecule has 0 aliphatic carbocycles. The molecule has 3 aromatic rings. The van der Waals surface area contributed by atoms with Crippen molar-refractivity contribution in [2.24, 2.45) is 0 Å². The second-order valence-electron chi connectivity index (χ2n) is 4.95. The van der Waals surface area contributed by atoms with Crippen LogP contribution in [0.1, 0.15) is 5.56 Å². The summed E-state index contributed by atoms with van der Waals surface area (Å²) in [7, 11) is 0. The molecule has 0 saturated heterocycles. The van der Waals surface area contributed by atoms with Gasteiger partial charge in [-0.25, -0.2) is 0 Å². The molecule has 0 unspecified atom stereocenters. The maximum atomic E-state index is 11.9. The molecule has 122 valence electrons. The third-order valence-electron chi connectivity index (χ3n) is 2.95. The van der Waals surface area contributed by atoms with Crippen LogP contribution in [0.25, 0.3) is 0 Å². The van der Waals surface area contributed by atoms with E-state index in [0.29, 0.717) is 10.8 Å². The maximum Gasteiger partial charge on any atom is 0.234 e. The van der Waals surface area contributed by atoms with Gasteiger partial charge in [0.1, 0.15) is 0 Å². The van der Waals surface area contributed by atoms with Gasteiger partial charge in [0.2, 0.25) is 11.0 Å². The van der Waals surface area contributed by atoms with E-state index in [0.717, 1.165) is 10.0 Å². The van der Waals surface area contributed by atoms with Crippen LogP contribution in [0.3, 0.4) is 0 Å². The molecule has 3 rings (SSSR count). The number of aromatic nitrogens is 3. The summed E-state index contributed by atoms with van der Waals surface area (Å²) in [5.41, 5.74) is 2.82. The largest absolute Gasteiger partial charge is 0.330 e. The minimum atomic E-state index is -0.101. The summed E-state index contributed by atoms with van der Waals surface area (Å²) >= 11 is 2.77. The first-order valence-electron chi connectivity index (χ1n) is 7.19. The summed E-state index contributed by atoms with van der Waals surface area (Å²) in [6, 6.07) is 11.6. The first-order chi connectivity index (χ1) is 11.7. The van der Waals surface area contributed by atoms with Gasteiger partial charge in [-0.15, -0.1) is 10.2 Å². The Balaban J connectivity index is 1.51. The third-order valence-corrected chi connectivity index (χ3v) is 4.92. The lowest BCUT2D eigenvalue weighted by Crippen LogP contribution is -2.13. The highest BCUT2D eigenvalue weighted by Gasteiger charge is 2.09. The van der Waals surface area contributed by atoms with Gasteiger partial charge >= 0.3 is 0 Å². The van der Waals surface area contributed by atoms with Crippen molar-refractivity contribution in [3.8, 4) is 0 Å². The highest BCUT2D eigenvalue weighted by Crippen LogP contribution is 2.27. The number of hydrogen-bond donors (Lipinski definition) is 2. The lowest BCUT2D eigenvalue weighted by molar-refractivity contribution is -0.113. The number of nitrogens with zero attached hydrogens (tertiary/aromatic N) is 3. The van der Waals surface area contributed by atoms with Gasteiger partial charge in [-0.2, -0.15) is 0 Å². The molecule has 2 heterocycles. The van der Waals surface area contributed by atoms with Crippen molar-refractivity contribution in [3.63, 3.8) is 0 Å². The zero-order valence-electron chi connectivity index (χ0n) is 12.9. The number of anilines is 3. The summed E-state index contributed by atoms with van der Waals surface area (Å²) in [6.45, 7) is 2.04. The molecular formula is C16H15N5OS2. The molecule has 0 atom stereocenters. The fourth-order valence-electron chi connectivity index (χ4n) is 1.93. The van der Waals surface area contributed by atoms with E-state index in [-0.39, 0.29) is 11.7 Å². The van der Waals surface area contributed by atoms with Crippen molar-refractivity contribution < 1.29 is 4.79 Å². The van der Waals surface area contributed by atoms with Gasteiger partial charge in [-0.05, 0) is 36.8 Å². The van der Waals surface area contributed by atoms with E-state index in [1.807, 2.05) is 31.2 Å². The molecule has 0 aliphatic heterocycles.